The lowest BCUT2D eigenvalue weighted by Crippen LogP contribution is -2.34. The number of carbonyl (C=O) groups is 1. The first-order valence-corrected chi connectivity index (χ1v) is 6.85. The second-order valence-electron chi connectivity index (χ2n) is 5.17. The van der Waals surface area contributed by atoms with Crippen LogP contribution in [-0.4, -0.2) is 37.0 Å². The third-order valence-electron chi connectivity index (χ3n) is 3.93. The lowest BCUT2D eigenvalue weighted by atomic mass is 10.0. The monoisotopic (exact) mass is 260 g/mol. The largest absolute Gasteiger partial charge is 0.341 e. The molecule has 0 aromatic rings. The summed E-state index contributed by atoms with van der Waals surface area (Å²) in [7, 11) is 0. The van der Waals surface area contributed by atoms with Crippen molar-refractivity contribution < 1.29 is 4.79 Å². The molecule has 0 bridgehead atoms. The Labute approximate surface area is 111 Å². The molecule has 1 saturated carbocycles. The smallest absolute Gasteiger partial charge is 0.222 e. The predicted octanol–water partition coefficient (Wildman–Crippen LogP) is 2.20. The zero-order valence-electron chi connectivity index (χ0n) is 10.6. The van der Waals surface area contributed by atoms with Crippen molar-refractivity contribution in [1.82, 2.24) is 10.2 Å². The van der Waals surface area contributed by atoms with Crippen LogP contribution in [0.1, 0.15) is 44.9 Å². The lowest BCUT2D eigenvalue weighted by Gasteiger charge is -2.20. The second kappa shape index (κ2) is 7.93. The molecule has 0 aromatic heterocycles. The van der Waals surface area contributed by atoms with Crippen LogP contribution in [0.3, 0.4) is 0 Å². The number of carbonyl (C=O) groups excluding carboxylic acids is 1. The second-order valence-corrected chi connectivity index (χ2v) is 5.17. The van der Waals surface area contributed by atoms with Crippen molar-refractivity contribution in [3.05, 3.63) is 0 Å². The first-order valence-electron chi connectivity index (χ1n) is 6.85. The molecule has 2 rings (SSSR count). The van der Waals surface area contributed by atoms with E-state index in [0.717, 1.165) is 51.4 Å². The Balaban J connectivity index is 0.00000144. The van der Waals surface area contributed by atoms with Crippen molar-refractivity contribution in [3.8, 4) is 0 Å². The van der Waals surface area contributed by atoms with Gasteiger partial charge in [0.1, 0.15) is 0 Å². The SMILES string of the molecule is Cl.O=C(CCC1CCCC1)N1CCCNCC1. The summed E-state index contributed by atoms with van der Waals surface area (Å²) in [5.41, 5.74) is 0. The summed E-state index contributed by atoms with van der Waals surface area (Å²) in [6.07, 6.45) is 8.49. The van der Waals surface area contributed by atoms with Gasteiger partial charge in [0, 0.05) is 26.1 Å². The molecule has 1 saturated heterocycles. The highest BCUT2D eigenvalue weighted by Crippen LogP contribution is 2.28. The Morgan fingerprint density at radius 1 is 1.12 bits per heavy atom. The summed E-state index contributed by atoms with van der Waals surface area (Å²) in [4.78, 5) is 14.1. The highest BCUT2D eigenvalue weighted by Gasteiger charge is 2.19. The van der Waals surface area contributed by atoms with Crippen LogP contribution in [0.5, 0.6) is 0 Å². The molecular formula is C13H25ClN2O. The summed E-state index contributed by atoms with van der Waals surface area (Å²) >= 11 is 0. The normalized spacial score (nSPS) is 22.0. The minimum Gasteiger partial charge on any atom is -0.341 e. The summed E-state index contributed by atoms with van der Waals surface area (Å²) < 4.78 is 0. The van der Waals surface area contributed by atoms with Gasteiger partial charge in [-0.2, -0.15) is 0 Å². The fraction of sp³-hybridized carbons (Fsp3) is 0.923. The molecule has 1 aliphatic heterocycles. The molecule has 1 heterocycles. The van der Waals surface area contributed by atoms with Gasteiger partial charge in [0.2, 0.25) is 5.91 Å². The highest BCUT2D eigenvalue weighted by atomic mass is 35.5. The standard InChI is InChI=1S/C13H24N2O.ClH/c16-13(7-6-12-4-1-2-5-12)15-10-3-8-14-9-11-15;/h12,14H,1-11H2;1H. The number of hydrogen-bond donors (Lipinski definition) is 1. The van der Waals surface area contributed by atoms with Gasteiger partial charge in [0.15, 0.2) is 0 Å². The van der Waals surface area contributed by atoms with E-state index in [-0.39, 0.29) is 12.4 Å². The summed E-state index contributed by atoms with van der Waals surface area (Å²) in [6.45, 7) is 3.89. The maximum Gasteiger partial charge on any atom is 0.222 e. The molecular weight excluding hydrogens is 236 g/mol. The van der Waals surface area contributed by atoms with Crippen LogP contribution in [0.25, 0.3) is 0 Å². The van der Waals surface area contributed by atoms with Crippen LogP contribution >= 0.6 is 12.4 Å². The fourth-order valence-electron chi connectivity index (χ4n) is 2.88. The van der Waals surface area contributed by atoms with Crippen molar-refractivity contribution >= 4 is 18.3 Å². The van der Waals surface area contributed by atoms with Gasteiger partial charge in [-0.1, -0.05) is 25.7 Å². The fourth-order valence-corrected chi connectivity index (χ4v) is 2.88. The molecule has 1 amide bonds. The molecule has 17 heavy (non-hydrogen) atoms. The van der Waals surface area contributed by atoms with E-state index in [1.54, 1.807) is 0 Å². The van der Waals surface area contributed by atoms with Gasteiger partial charge in [0.05, 0.1) is 0 Å². The zero-order valence-corrected chi connectivity index (χ0v) is 11.4. The van der Waals surface area contributed by atoms with Crippen LogP contribution < -0.4 is 5.32 Å². The lowest BCUT2D eigenvalue weighted by molar-refractivity contribution is -0.131. The molecule has 3 nitrogen and oxygen atoms in total. The molecule has 0 spiro atoms. The van der Waals surface area contributed by atoms with Gasteiger partial charge in [-0.05, 0) is 25.3 Å². The topological polar surface area (TPSA) is 32.3 Å². The van der Waals surface area contributed by atoms with Crippen molar-refractivity contribution in [3.63, 3.8) is 0 Å². The average molecular weight is 261 g/mol. The number of amides is 1. The summed E-state index contributed by atoms with van der Waals surface area (Å²) in [6, 6.07) is 0. The van der Waals surface area contributed by atoms with E-state index in [2.05, 4.69) is 10.2 Å². The van der Waals surface area contributed by atoms with E-state index in [0.29, 0.717) is 5.91 Å². The van der Waals surface area contributed by atoms with Crippen molar-refractivity contribution in [2.75, 3.05) is 26.2 Å². The number of rotatable bonds is 3. The van der Waals surface area contributed by atoms with Gasteiger partial charge in [0.25, 0.3) is 0 Å². The summed E-state index contributed by atoms with van der Waals surface area (Å²) in [5.74, 6) is 1.23. The minimum atomic E-state index is 0. The van der Waals surface area contributed by atoms with Crippen molar-refractivity contribution in [1.29, 1.82) is 0 Å². The van der Waals surface area contributed by atoms with Crippen LogP contribution in [0, 0.1) is 5.92 Å². The zero-order chi connectivity index (χ0) is 11.2. The van der Waals surface area contributed by atoms with Crippen molar-refractivity contribution in [2.45, 2.75) is 44.9 Å². The molecule has 2 fully saturated rings. The average Bonchev–Trinajstić information content (AvgIpc) is 2.66. The molecule has 0 radical (unpaired) electrons. The number of hydrogen-bond acceptors (Lipinski definition) is 2. The quantitative estimate of drug-likeness (QED) is 0.844. The van der Waals surface area contributed by atoms with Gasteiger partial charge in [-0.25, -0.2) is 0 Å². The molecule has 2 aliphatic rings. The van der Waals surface area contributed by atoms with Crippen LogP contribution in [0.15, 0.2) is 0 Å². The molecule has 1 N–H and O–H groups in total. The van der Waals surface area contributed by atoms with E-state index < -0.39 is 0 Å². The molecule has 100 valence electrons. The van der Waals surface area contributed by atoms with Crippen molar-refractivity contribution in [2.24, 2.45) is 5.92 Å². The van der Waals surface area contributed by atoms with E-state index in [9.17, 15) is 4.79 Å². The highest BCUT2D eigenvalue weighted by molar-refractivity contribution is 5.85. The molecule has 4 heteroatoms. The number of nitrogens with one attached hydrogen (secondary N) is 1. The van der Waals surface area contributed by atoms with E-state index in [1.807, 2.05) is 0 Å². The number of halogens is 1. The van der Waals surface area contributed by atoms with Gasteiger partial charge < -0.3 is 10.2 Å². The Morgan fingerprint density at radius 3 is 2.65 bits per heavy atom. The third kappa shape index (κ3) is 4.84. The van der Waals surface area contributed by atoms with Crippen LogP contribution in [-0.2, 0) is 4.79 Å². The molecule has 1 aliphatic carbocycles. The summed E-state index contributed by atoms with van der Waals surface area (Å²) in [5, 5.41) is 3.34. The van der Waals surface area contributed by atoms with Crippen LogP contribution in [0.4, 0.5) is 0 Å². The Hall–Kier alpha value is -0.280. The maximum atomic E-state index is 12.0. The van der Waals surface area contributed by atoms with E-state index >= 15 is 0 Å². The van der Waals surface area contributed by atoms with Crippen LogP contribution in [0.2, 0.25) is 0 Å². The van der Waals surface area contributed by atoms with Gasteiger partial charge in [-0.15, -0.1) is 12.4 Å². The van der Waals surface area contributed by atoms with Gasteiger partial charge in [-0.3, -0.25) is 4.79 Å². The predicted molar refractivity (Wildman–Crippen MR) is 72.5 cm³/mol. The first kappa shape index (κ1) is 14.8. The molecule has 0 aromatic carbocycles. The Bertz CT molecular complexity index is 221. The molecule has 0 unspecified atom stereocenters. The minimum absolute atomic E-state index is 0. The Kier molecular flexibility index (Phi) is 6.90. The molecule has 0 atom stereocenters. The first-order chi connectivity index (χ1) is 7.86. The van der Waals surface area contributed by atoms with Gasteiger partial charge >= 0.3 is 0 Å². The third-order valence-corrected chi connectivity index (χ3v) is 3.93. The van der Waals surface area contributed by atoms with E-state index in [4.69, 9.17) is 0 Å². The Morgan fingerprint density at radius 2 is 1.88 bits per heavy atom. The maximum absolute atomic E-state index is 12.0. The van der Waals surface area contributed by atoms with E-state index in [1.165, 1.54) is 25.7 Å². The number of nitrogens with zero attached hydrogens (tertiary/aromatic N) is 1.